The van der Waals surface area contributed by atoms with E-state index in [1.54, 1.807) is 12.0 Å². The molecule has 32 heavy (non-hydrogen) atoms. The number of carbonyl (C=O) groups excluding carboxylic acids is 1. The second-order valence-electron chi connectivity index (χ2n) is 8.00. The van der Waals surface area contributed by atoms with Crippen molar-refractivity contribution in [2.45, 2.75) is 25.4 Å². The van der Waals surface area contributed by atoms with Crippen LogP contribution in [0, 0.1) is 6.92 Å². The summed E-state index contributed by atoms with van der Waals surface area (Å²) in [5, 5.41) is 4.51. The Balaban J connectivity index is 1.63. The maximum absolute atomic E-state index is 13.7. The highest BCUT2D eigenvalue weighted by Crippen LogP contribution is 2.42. The van der Waals surface area contributed by atoms with Crippen molar-refractivity contribution in [3.8, 4) is 5.75 Å². The van der Waals surface area contributed by atoms with Crippen LogP contribution >= 0.6 is 0 Å². The van der Waals surface area contributed by atoms with Crippen LogP contribution in [0.15, 0.2) is 85.2 Å². The number of nitrogens with zero attached hydrogens (tertiary/aromatic N) is 4. The molecule has 2 heterocycles. The Labute approximate surface area is 187 Å². The summed E-state index contributed by atoms with van der Waals surface area (Å²) in [7, 11) is 1.65. The topological polar surface area (TPSA) is 60.2 Å². The van der Waals surface area contributed by atoms with E-state index in [1.807, 2.05) is 59.3 Å². The lowest BCUT2D eigenvalue weighted by molar-refractivity contribution is 0.0963. The zero-order valence-corrected chi connectivity index (χ0v) is 18.1. The summed E-state index contributed by atoms with van der Waals surface area (Å²) in [5.74, 6) is 1.24. The van der Waals surface area contributed by atoms with Crippen LogP contribution < -0.4 is 9.64 Å². The third-order valence-electron chi connectivity index (χ3n) is 6.03. The van der Waals surface area contributed by atoms with Crippen LogP contribution in [0.4, 0.5) is 5.95 Å². The molecular formula is C26H24N4O2. The molecular weight excluding hydrogens is 400 g/mol. The van der Waals surface area contributed by atoms with E-state index in [9.17, 15) is 4.79 Å². The van der Waals surface area contributed by atoms with Gasteiger partial charge in [0.1, 0.15) is 12.1 Å². The number of benzene rings is 3. The number of fused-ring (bicyclic) bond motifs is 1. The smallest absolute Gasteiger partial charge is 0.261 e. The molecule has 0 saturated heterocycles. The van der Waals surface area contributed by atoms with E-state index in [-0.39, 0.29) is 18.0 Å². The van der Waals surface area contributed by atoms with E-state index < -0.39 is 0 Å². The van der Waals surface area contributed by atoms with Crippen LogP contribution in [-0.4, -0.2) is 27.8 Å². The third kappa shape index (κ3) is 3.54. The summed E-state index contributed by atoms with van der Waals surface area (Å²) in [6.07, 6.45) is 2.21. The van der Waals surface area contributed by atoms with Crippen LogP contribution in [0.5, 0.6) is 5.75 Å². The molecule has 0 saturated carbocycles. The van der Waals surface area contributed by atoms with Gasteiger partial charge in [0.05, 0.1) is 19.2 Å². The molecule has 0 radical (unpaired) electrons. The minimum absolute atomic E-state index is 0.0278. The molecule has 0 fully saturated rings. The fraction of sp³-hybridized carbons (Fsp3) is 0.192. The molecule has 0 unspecified atom stereocenters. The van der Waals surface area contributed by atoms with Crippen molar-refractivity contribution in [3.05, 3.63) is 107 Å². The number of carbonyl (C=O) groups is 1. The first kappa shape index (κ1) is 20.0. The molecule has 3 aromatic carbocycles. The molecule has 5 rings (SSSR count). The molecule has 0 aliphatic carbocycles. The zero-order chi connectivity index (χ0) is 22.1. The van der Waals surface area contributed by atoms with Gasteiger partial charge < -0.3 is 4.74 Å². The highest BCUT2D eigenvalue weighted by molar-refractivity contribution is 6.05. The van der Waals surface area contributed by atoms with Gasteiger partial charge >= 0.3 is 0 Å². The number of amides is 1. The van der Waals surface area contributed by atoms with Crippen LogP contribution in [0.3, 0.4) is 0 Å². The minimum Gasteiger partial charge on any atom is -0.497 e. The molecule has 0 N–H and O–H groups in total. The molecule has 6 heteroatoms. The molecule has 4 aromatic rings. The van der Waals surface area contributed by atoms with E-state index in [2.05, 4.69) is 41.3 Å². The van der Waals surface area contributed by atoms with Crippen LogP contribution in [0.2, 0.25) is 0 Å². The van der Waals surface area contributed by atoms with E-state index in [1.165, 1.54) is 11.9 Å². The van der Waals surface area contributed by atoms with Gasteiger partial charge in [0, 0.05) is 5.56 Å². The number of hydrogen-bond acceptors (Lipinski definition) is 4. The van der Waals surface area contributed by atoms with Gasteiger partial charge in [-0.3, -0.25) is 9.69 Å². The van der Waals surface area contributed by atoms with Crippen molar-refractivity contribution in [2.24, 2.45) is 0 Å². The maximum Gasteiger partial charge on any atom is 0.261 e. The monoisotopic (exact) mass is 424 g/mol. The van der Waals surface area contributed by atoms with E-state index in [4.69, 9.17) is 4.74 Å². The van der Waals surface area contributed by atoms with Crippen molar-refractivity contribution in [3.63, 3.8) is 0 Å². The Kier molecular flexibility index (Phi) is 5.19. The second-order valence-corrected chi connectivity index (χ2v) is 8.00. The SMILES string of the molecule is COc1ccc([C@H]2C[C@@H](c3ccc(C)cc3)n3ncnc3N2C(=O)c2ccccc2)cc1. The third-order valence-corrected chi connectivity index (χ3v) is 6.03. The average Bonchev–Trinajstić information content (AvgIpc) is 3.34. The van der Waals surface area contributed by atoms with Crippen LogP contribution in [-0.2, 0) is 0 Å². The molecule has 6 nitrogen and oxygen atoms in total. The van der Waals surface area contributed by atoms with Gasteiger partial charge in [0.15, 0.2) is 0 Å². The van der Waals surface area contributed by atoms with Gasteiger partial charge in [-0.25, -0.2) is 4.68 Å². The molecule has 2 atom stereocenters. The number of aryl methyl sites for hydroxylation is 1. The van der Waals surface area contributed by atoms with Gasteiger partial charge in [0.25, 0.3) is 5.91 Å². The van der Waals surface area contributed by atoms with Crippen LogP contribution in [0.1, 0.15) is 45.6 Å². The van der Waals surface area contributed by atoms with E-state index in [0.717, 1.165) is 16.9 Å². The number of hydrogen-bond donors (Lipinski definition) is 0. The summed E-state index contributed by atoms with van der Waals surface area (Å²) in [4.78, 5) is 20.0. The standard InChI is InChI=1S/C26H24N4O2/c1-18-8-10-20(11-9-18)24-16-23(19-12-14-22(32-2)15-13-19)29(26-27-17-28-30(24)26)25(31)21-6-4-3-5-7-21/h3-15,17,23-24H,16H2,1-2H3/t23-,24+/m1/s1. The predicted octanol–water partition coefficient (Wildman–Crippen LogP) is 4.98. The minimum atomic E-state index is -0.198. The Hall–Kier alpha value is -3.93. The fourth-order valence-corrected chi connectivity index (χ4v) is 4.32. The molecule has 160 valence electrons. The van der Waals surface area contributed by atoms with Crippen molar-refractivity contribution in [1.82, 2.24) is 14.8 Å². The molecule has 1 aliphatic rings. The summed E-state index contributed by atoms with van der Waals surface area (Å²) < 4.78 is 7.21. The molecule has 0 bridgehead atoms. The van der Waals surface area contributed by atoms with Crippen molar-refractivity contribution >= 4 is 11.9 Å². The highest BCUT2D eigenvalue weighted by Gasteiger charge is 2.39. The van der Waals surface area contributed by atoms with Gasteiger partial charge in [-0.15, -0.1) is 0 Å². The number of rotatable bonds is 4. The van der Waals surface area contributed by atoms with Gasteiger partial charge in [0.2, 0.25) is 5.95 Å². The lowest BCUT2D eigenvalue weighted by Gasteiger charge is -2.39. The van der Waals surface area contributed by atoms with Gasteiger partial charge in [-0.1, -0.05) is 60.2 Å². The second kappa shape index (κ2) is 8.30. The quantitative estimate of drug-likeness (QED) is 0.464. The summed E-state index contributed by atoms with van der Waals surface area (Å²) >= 11 is 0. The van der Waals surface area contributed by atoms with Gasteiger partial charge in [-0.05, 0) is 48.7 Å². The molecule has 1 aliphatic heterocycles. The normalized spacial score (nSPS) is 17.6. The molecule has 0 spiro atoms. The average molecular weight is 425 g/mol. The van der Waals surface area contributed by atoms with Crippen molar-refractivity contribution < 1.29 is 9.53 Å². The first-order valence-corrected chi connectivity index (χ1v) is 10.6. The Morgan fingerprint density at radius 1 is 0.906 bits per heavy atom. The number of methoxy groups -OCH3 is 1. The summed E-state index contributed by atoms with van der Waals surface area (Å²) in [6.45, 7) is 2.08. The summed E-state index contributed by atoms with van der Waals surface area (Å²) in [6, 6.07) is 25.5. The number of anilines is 1. The van der Waals surface area contributed by atoms with E-state index in [0.29, 0.717) is 17.9 Å². The van der Waals surface area contributed by atoms with Crippen LogP contribution in [0.25, 0.3) is 0 Å². The summed E-state index contributed by atoms with van der Waals surface area (Å²) in [5.41, 5.74) is 4.00. The Morgan fingerprint density at radius 2 is 1.56 bits per heavy atom. The molecule has 1 aromatic heterocycles. The first-order chi connectivity index (χ1) is 15.7. The lowest BCUT2D eigenvalue weighted by atomic mass is 9.91. The highest BCUT2D eigenvalue weighted by atomic mass is 16.5. The first-order valence-electron chi connectivity index (χ1n) is 10.6. The fourth-order valence-electron chi connectivity index (χ4n) is 4.32. The largest absolute Gasteiger partial charge is 0.497 e. The molecule has 1 amide bonds. The van der Waals surface area contributed by atoms with Crippen molar-refractivity contribution in [2.75, 3.05) is 12.0 Å². The Morgan fingerprint density at radius 3 is 2.25 bits per heavy atom. The predicted molar refractivity (Wildman–Crippen MR) is 123 cm³/mol. The lowest BCUT2D eigenvalue weighted by Crippen LogP contribution is -2.42. The van der Waals surface area contributed by atoms with Crippen molar-refractivity contribution in [1.29, 1.82) is 0 Å². The maximum atomic E-state index is 13.7. The Bertz CT molecular complexity index is 1220. The number of ether oxygens (including phenoxy) is 1. The van der Waals surface area contributed by atoms with E-state index >= 15 is 0 Å². The van der Waals surface area contributed by atoms with Gasteiger partial charge in [-0.2, -0.15) is 10.1 Å². The zero-order valence-electron chi connectivity index (χ0n) is 18.1. The number of aromatic nitrogens is 3.